The third-order valence-corrected chi connectivity index (χ3v) is 4.40. The van der Waals surface area contributed by atoms with Crippen LogP contribution in [0.1, 0.15) is 20.8 Å². The smallest absolute Gasteiger partial charge is 0.262 e. The van der Waals surface area contributed by atoms with Crippen LogP contribution in [0.4, 0.5) is 0 Å². The lowest BCUT2D eigenvalue weighted by atomic mass is 10.1. The monoisotopic (exact) mass is 298 g/mol. The Morgan fingerprint density at radius 1 is 1.28 bits per heavy atom. The van der Waals surface area contributed by atoms with Crippen molar-refractivity contribution in [3.63, 3.8) is 0 Å². The van der Waals surface area contributed by atoms with E-state index < -0.39 is 5.24 Å². The molecule has 0 unspecified atom stereocenters. The number of carbonyl (C=O) groups excluding carboxylic acids is 1. The highest BCUT2D eigenvalue weighted by Crippen LogP contribution is 2.33. The second-order valence-electron chi connectivity index (χ2n) is 4.04. The van der Waals surface area contributed by atoms with Gasteiger partial charge in [0.25, 0.3) is 5.24 Å². The first-order valence-corrected chi connectivity index (χ1v) is 7.30. The highest BCUT2D eigenvalue weighted by atomic mass is 35.5. The molecule has 2 rings (SSSR count). The summed E-state index contributed by atoms with van der Waals surface area (Å²) in [5.74, 6) is 0.487. The molecule has 1 aromatic heterocycles. The molecule has 0 aliphatic heterocycles. The predicted molar refractivity (Wildman–Crippen MR) is 79.1 cm³/mol. The first-order valence-electron chi connectivity index (χ1n) is 5.57. The van der Waals surface area contributed by atoms with Crippen LogP contribution in [0.15, 0.2) is 30.3 Å². The standard InChI is InChI=1S/C14H12Cl2OS/c1-9-2-4-10(5-3-9)12-8-11(6-7-15)13(18-12)14(16)17/h2-5,8H,6-7H2,1H3. The summed E-state index contributed by atoms with van der Waals surface area (Å²) in [5, 5.41) is -0.404. The summed E-state index contributed by atoms with van der Waals surface area (Å²) in [6, 6.07) is 10.2. The molecular weight excluding hydrogens is 287 g/mol. The summed E-state index contributed by atoms with van der Waals surface area (Å²) >= 11 is 12.8. The van der Waals surface area contributed by atoms with Crippen molar-refractivity contribution in [2.45, 2.75) is 13.3 Å². The van der Waals surface area contributed by atoms with Crippen LogP contribution in [0, 0.1) is 6.92 Å². The van der Waals surface area contributed by atoms with E-state index in [4.69, 9.17) is 23.2 Å². The third-order valence-electron chi connectivity index (χ3n) is 2.69. The van der Waals surface area contributed by atoms with Crippen molar-refractivity contribution in [3.05, 3.63) is 46.3 Å². The average Bonchev–Trinajstić information content (AvgIpc) is 2.75. The minimum atomic E-state index is -0.404. The number of rotatable bonds is 4. The van der Waals surface area contributed by atoms with Gasteiger partial charge in [-0.1, -0.05) is 29.8 Å². The number of carbonyl (C=O) groups is 1. The fourth-order valence-electron chi connectivity index (χ4n) is 1.74. The normalized spacial score (nSPS) is 10.6. The first kappa shape index (κ1) is 13.6. The van der Waals surface area contributed by atoms with Crippen LogP contribution >= 0.6 is 34.5 Å². The van der Waals surface area contributed by atoms with Gasteiger partial charge in [0.1, 0.15) is 0 Å². The van der Waals surface area contributed by atoms with E-state index in [-0.39, 0.29) is 0 Å². The Balaban J connectivity index is 2.42. The Morgan fingerprint density at radius 3 is 2.50 bits per heavy atom. The lowest BCUT2D eigenvalue weighted by Crippen LogP contribution is -1.92. The molecule has 2 aromatic rings. The predicted octanol–water partition coefficient (Wildman–Crippen LogP) is 4.88. The van der Waals surface area contributed by atoms with Gasteiger partial charge in [0.05, 0.1) is 4.88 Å². The molecule has 1 nitrogen and oxygen atoms in total. The highest BCUT2D eigenvalue weighted by molar-refractivity contribution is 7.19. The SMILES string of the molecule is Cc1ccc(-c2cc(CCCl)c(C(=O)Cl)s2)cc1. The summed E-state index contributed by atoms with van der Waals surface area (Å²) < 4.78 is 0. The summed E-state index contributed by atoms with van der Waals surface area (Å²) in [4.78, 5) is 13.0. The molecule has 94 valence electrons. The molecule has 0 spiro atoms. The lowest BCUT2D eigenvalue weighted by molar-refractivity contribution is 0.108. The van der Waals surface area contributed by atoms with E-state index in [1.807, 2.05) is 25.1 Å². The molecule has 0 radical (unpaired) electrons. The topological polar surface area (TPSA) is 17.1 Å². The molecule has 0 N–H and O–H groups in total. The Kier molecular flexibility index (Phi) is 4.44. The van der Waals surface area contributed by atoms with Gasteiger partial charge in [-0.3, -0.25) is 4.79 Å². The summed E-state index contributed by atoms with van der Waals surface area (Å²) in [6.45, 7) is 2.05. The van der Waals surface area contributed by atoms with E-state index in [1.165, 1.54) is 16.9 Å². The molecular formula is C14H12Cl2OS. The zero-order valence-corrected chi connectivity index (χ0v) is 12.2. The van der Waals surface area contributed by atoms with Crippen LogP contribution in [-0.4, -0.2) is 11.1 Å². The van der Waals surface area contributed by atoms with E-state index in [9.17, 15) is 4.79 Å². The van der Waals surface area contributed by atoms with Crippen molar-refractivity contribution in [2.24, 2.45) is 0 Å². The number of alkyl halides is 1. The molecule has 0 atom stereocenters. The number of halogens is 2. The van der Waals surface area contributed by atoms with E-state index in [0.717, 1.165) is 16.0 Å². The average molecular weight is 299 g/mol. The van der Waals surface area contributed by atoms with Crippen molar-refractivity contribution < 1.29 is 4.79 Å². The highest BCUT2D eigenvalue weighted by Gasteiger charge is 2.14. The molecule has 0 fully saturated rings. The molecule has 0 saturated heterocycles. The van der Waals surface area contributed by atoms with Crippen molar-refractivity contribution >= 4 is 39.8 Å². The molecule has 0 saturated carbocycles. The second-order valence-corrected chi connectivity index (χ2v) is 5.82. The summed E-state index contributed by atoms with van der Waals surface area (Å²) in [5.41, 5.74) is 3.25. The fraction of sp³-hybridized carbons (Fsp3) is 0.214. The van der Waals surface area contributed by atoms with Gasteiger partial charge in [-0.15, -0.1) is 22.9 Å². The van der Waals surface area contributed by atoms with Crippen LogP contribution in [0.3, 0.4) is 0 Å². The fourth-order valence-corrected chi connectivity index (χ4v) is 3.23. The minimum absolute atomic E-state index is 0.404. The van der Waals surface area contributed by atoms with Crippen LogP contribution in [0.25, 0.3) is 10.4 Å². The molecule has 0 aliphatic rings. The van der Waals surface area contributed by atoms with Crippen molar-refractivity contribution in [3.8, 4) is 10.4 Å². The maximum absolute atomic E-state index is 11.4. The largest absolute Gasteiger partial charge is 0.275 e. The summed E-state index contributed by atoms with van der Waals surface area (Å²) in [7, 11) is 0. The van der Waals surface area contributed by atoms with E-state index in [2.05, 4.69) is 12.1 Å². The number of hydrogen-bond acceptors (Lipinski definition) is 2. The molecule has 4 heteroatoms. The Morgan fingerprint density at radius 2 is 1.94 bits per heavy atom. The molecule has 0 aliphatic carbocycles. The van der Waals surface area contributed by atoms with Crippen molar-refractivity contribution in [1.29, 1.82) is 0 Å². The number of benzene rings is 1. The van der Waals surface area contributed by atoms with Crippen LogP contribution in [0.5, 0.6) is 0 Å². The number of thiophene rings is 1. The van der Waals surface area contributed by atoms with Crippen molar-refractivity contribution in [2.75, 3.05) is 5.88 Å². The zero-order valence-electron chi connectivity index (χ0n) is 9.87. The van der Waals surface area contributed by atoms with E-state index >= 15 is 0 Å². The Labute approximate surface area is 120 Å². The Bertz CT molecular complexity index is 558. The molecule has 0 amide bonds. The van der Waals surface area contributed by atoms with Crippen LogP contribution in [0.2, 0.25) is 0 Å². The molecule has 0 bridgehead atoms. The second kappa shape index (κ2) is 5.87. The first-order chi connectivity index (χ1) is 8.61. The van der Waals surface area contributed by atoms with Gasteiger partial charge in [-0.2, -0.15) is 0 Å². The van der Waals surface area contributed by atoms with Gasteiger partial charge in [0.15, 0.2) is 0 Å². The maximum Gasteiger partial charge on any atom is 0.262 e. The lowest BCUT2D eigenvalue weighted by Gasteiger charge is -1.97. The number of hydrogen-bond donors (Lipinski definition) is 0. The molecule has 1 aromatic carbocycles. The van der Waals surface area contributed by atoms with Gasteiger partial charge in [-0.05, 0) is 42.1 Å². The number of aryl methyl sites for hydroxylation is 2. The third kappa shape index (κ3) is 2.94. The van der Waals surface area contributed by atoms with Crippen LogP contribution < -0.4 is 0 Å². The van der Waals surface area contributed by atoms with Gasteiger partial charge in [-0.25, -0.2) is 0 Å². The van der Waals surface area contributed by atoms with Gasteiger partial charge >= 0.3 is 0 Å². The van der Waals surface area contributed by atoms with Crippen LogP contribution in [-0.2, 0) is 6.42 Å². The van der Waals surface area contributed by atoms with E-state index in [1.54, 1.807) is 0 Å². The van der Waals surface area contributed by atoms with Crippen molar-refractivity contribution in [1.82, 2.24) is 0 Å². The zero-order chi connectivity index (χ0) is 13.1. The Hall–Kier alpha value is -0.830. The van der Waals surface area contributed by atoms with Gasteiger partial charge in [0.2, 0.25) is 0 Å². The molecule has 1 heterocycles. The van der Waals surface area contributed by atoms with Gasteiger partial charge in [0, 0.05) is 10.8 Å². The quantitative estimate of drug-likeness (QED) is 0.580. The molecule has 18 heavy (non-hydrogen) atoms. The maximum atomic E-state index is 11.4. The minimum Gasteiger partial charge on any atom is -0.275 e. The van der Waals surface area contributed by atoms with E-state index in [0.29, 0.717) is 17.2 Å². The van der Waals surface area contributed by atoms with Gasteiger partial charge < -0.3 is 0 Å². The summed E-state index contributed by atoms with van der Waals surface area (Å²) in [6.07, 6.45) is 0.664.